The summed E-state index contributed by atoms with van der Waals surface area (Å²) in [6, 6.07) is 8.49. The van der Waals surface area contributed by atoms with Gasteiger partial charge in [0.05, 0.1) is 11.4 Å². The number of benzene rings is 2. The number of halogens is 4. The van der Waals surface area contributed by atoms with Crippen LogP contribution in [0.3, 0.4) is 0 Å². The van der Waals surface area contributed by atoms with E-state index in [1.807, 2.05) is 0 Å². The Balaban J connectivity index is 1.69. The van der Waals surface area contributed by atoms with Crippen molar-refractivity contribution in [1.29, 1.82) is 5.41 Å². The van der Waals surface area contributed by atoms with Gasteiger partial charge in [-0.25, -0.2) is 17.8 Å². The van der Waals surface area contributed by atoms with Crippen LogP contribution < -0.4 is 5.32 Å². The fourth-order valence-electron chi connectivity index (χ4n) is 4.46. The summed E-state index contributed by atoms with van der Waals surface area (Å²) in [7, 11) is -3.93. The van der Waals surface area contributed by atoms with Crippen LogP contribution in [0.4, 0.5) is 28.9 Å². The molecule has 2 aromatic carbocycles. The molecule has 204 valence electrons. The quantitative estimate of drug-likeness (QED) is 0.271. The topological polar surface area (TPSA) is 89.4 Å². The van der Waals surface area contributed by atoms with Gasteiger partial charge in [0.15, 0.2) is 5.03 Å². The number of rotatable bonds is 8. The van der Waals surface area contributed by atoms with Gasteiger partial charge in [-0.15, -0.1) is 11.3 Å². The van der Waals surface area contributed by atoms with E-state index in [0.717, 1.165) is 6.21 Å². The van der Waals surface area contributed by atoms with E-state index in [4.69, 9.17) is 5.41 Å². The fourth-order valence-corrected chi connectivity index (χ4v) is 6.80. The summed E-state index contributed by atoms with van der Waals surface area (Å²) >= 11 is 1.21. The number of aryl methyl sites for hydroxylation is 2. The van der Waals surface area contributed by atoms with Crippen molar-refractivity contribution in [1.82, 2.24) is 14.2 Å². The third-order valence-corrected chi connectivity index (χ3v) is 9.09. The van der Waals surface area contributed by atoms with Crippen LogP contribution in [0.2, 0.25) is 0 Å². The maximum Gasteiger partial charge on any atom is 0.390 e. The van der Waals surface area contributed by atoms with Gasteiger partial charge < -0.3 is 10.7 Å². The van der Waals surface area contributed by atoms with Gasteiger partial charge >= 0.3 is 6.18 Å². The number of hydrogen-bond donors (Lipinski definition) is 2. The molecule has 4 rings (SSSR count). The molecule has 0 bridgehead atoms. The van der Waals surface area contributed by atoms with E-state index < -0.39 is 34.5 Å². The molecule has 1 atom stereocenters. The number of nitrogens with one attached hydrogen (secondary N) is 2. The summed E-state index contributed by atoms with van der Waals surface area (Å²) in [6.45, 7) is 3.29. The van der Waals surface area contributed by atoms with E-state index in [9.17, 15) is 26.0 Å². The maximum atomic E-state index is 13.3. The summed E-state index contributed by atoms with van der Waals surface area (Å²) in [5.74, 6) is -0.391. The molecule has 13 heteroatoms. The third-order valence-electron chi connectivity index (χ3n) is 6.41. The van der Waals surface area contributed by atoms with Crippen molar-refractivity contribution in [2.75, 3.05) is 31.5 Å². The molecule has 7 nitrogen and oxygen atoms in total. The van der Waals surface area contributed by atoms with Crippen molar-refractivity contribution in [3.8, 4) is 0 Å². The van der Waals surface area contributed by atoms with Crippen molar-refractivity contribution in [2.45, 2.75) is 37.5 Å². The van der Waals surface area contributed by atoms with E-state index in [1.165, 1.54) is 33.2 Å². The van der Waals surface area contributed by atoms with Crippen LogP contribution in [0.5, 0.6) is 0 Å². The Labute approximate surface area is 222 Å². The molecule has 0 amide bonds. The molecule has 2 heterocycles. The van der Waals surface area contributed by atoms with E-state index in [2.05, 4.69) is 10.3 Å². The molecule has 0 saturated carbocycles. The third kappa shape index (κ3) is 6.40. The second-order valence-electron chi connectivity index (χ2n) is 9.06. The Kier molecular flexibility index (Phi) is 8.21. The van der Waals surface area contributed by atoms with Gasteiger partial charge in [0.25, 0.3) is 10.0 Å². The van der Waals surface area contributed by atoms with Crippen LogP contribution in [0.15, 0.2) is 46.8 Å². The Bertz CT molecular complexity index is 1410. The standard InChI is InChI=1S/C25H27F4N5O2S2/c1-16-11-22(32-20-5-3-19(26)4-6-20)18(13-30)12-21(16)23-14-34(10-9-33(23)8-7-25(27,28)29)38(35,36)24-15-37-17(2)31-24/h3-6,11-13,15,23,30,32H,7-10,14H2,1-2H3/t23-/m1/s1. The number of aromatic nitrogens is 1. The lowest BCUT2D eigenvalue weighted by Crippen LogP contribution is -2.51. The first kappa shape index (κ1) is 28.1. The zero-order chi connectivity index (χ0) is 27.7. The highest BCUT2D eigenvalue weighted by molar-refractivity contribution is 7.89. The highest BCUT2D eigenvalue weighted by atomic mass is 32.2. The molecule has 38 heavy (non-hydrogen) atoms. The van der Waals surface area contributed by atoms with E-state index in [0.29, 0.717) is 33.1 Å². The Morgan fingerprint density at radius 3 is 2.50 bits per heavy atom. The molecule has 0 spiro atoms. The molecule has 3 aromatic rings. The van der Waals surface area contributed by atoms with Gasteiger partial charge in [0, 0.05) is 60.8 Å². The minimum Gasteiger partial charge on any atom is -0.355 e. The lowest BCUT2D eigenvalue weighted by molar-refractivity contribution is -0.140. The van der Waals surface area contributed by atoms with E-state index >= 15 is 0 Å². The molecule has 0 aliphatic carbocycles. The van der Waals surface area contributed by atoms with E-state index in [1.54, 1.807) is 43.0 Å². The van der Waals surface area contributed by atoms with E-state index in [-0.39, 0.29) is 31.2 Å². The zero-order valence-electron chi connectivity index (χ0n) is 20.7. The highest BCUT2D eigenvalue weighted by Gasteiger charge is 2.38. The minimum atomic E-state index is -4.36. The van der Waals surface area contributed by atoms with Crippen molar-refractivity contribution < 1.29 is 26.0 Å². The molecule has 0 radical (unpaired) electrons. The Morgan fingerprint density at radius 2 is 1.89 bits per heavy atom. The predicted molar refractivity (Wildman–Crippen MR) is 139 cm³/mol. The van der Waals surface area contributed by atoms with Crippen molar-refractivity contribution in [3.05, 3.63) is 69.3 Å². The summed E-state index contributed by atoms with van der Waals surface area (Å²) in [5, 5.41) is 13.1. The first-order chi connectivity index (χ1) is 17.9. The molecule has 1 aromatic heterocycles. The molecule has 1 aliphatic rings. The number of piperazine rings is 1. The van der Waals surface area contributed by atoms with Gasteiger partial charge in [-0.05, 0) is 61.4 Å². The average Bonchev–Trinajstić information content (AvgIpc) is 3.31. The van der Waals surface area contributed by atoms with Crippen LogP contribution >= 0.6 is 11.3 Å². The average molecular weight is 570 g/mol. The molecule has 1 fully saturated rings. The summed E-state index contributed by atoms with van der Waals surface area (Å²) in [4.78, 5) is 5.76. The van der Waals surface area contributed by atoms with Gasteiger partial charge in [0.2, 0.25) is 0 Å². The molecule has 1 saturated heterocycles. The molecule has 1 aliphatic heterocycles. The lowest BCUT2D eigenvalue weighted by Gasteiger charge is -2.41. The van der Waals surface area contributed by atoms with Crippen LogP contribution in [0.1, 0.15) is 34.2 Å². The van der Waals surface area contributed by atoms with Crippen molar-refractivity contribution in [2.24, 2.45) is 0 Å². The number of sulfonamides is 1. The van der Waals surface area contributed by atoms with Crippen LogP contribution in [0, 0.1) is 25.1 Å². The summed E-state index contributed by atoms with van der Waals surface area (Å²) in [5.41, 5.74) is 2.96. The Hall–Kier alpha value is -2.87. The predicted octanol–water partition coefficient (Wildman–Crippen LogP) is 5.64. The lowest BCUT2D eigenvalue weighted by atomic mass is 9.94. The first-order valence-electron chi connectivity index (χ1n) is 11.8. The number of nitrogens with zero attached hydrogens (tertiary/aromatic N) is 3. The second-order valence-corrected chi connectivity index (χ2v) is 12.0. The molecule has 0 unspecified atom stereocenters. The molecule has 2 N–H and O–H groups in total. The smallest absolute Gasteiger partial charge is 0.355 e. The molecular weight excluding hydrogens is 542 g/mol. The zero-order valence-corrected chi connectivity index (χ0v) is 22.4. The molecular formula is C25H27F4N5O2S2. The number of alkyl halides is 3. The summed E-state index contributed by atoms with van der Waals surface area (Å²) in [6.07, 6.45) is -4.27. The first-order valence-corrected chi connectivity index (χ1v) is 14.1. The number of anilines is 2. The monoisotopic (exact) mass is 569 g/mol. The highest BCUT2D eigenvalue weighted by Crippen LogP contribution is 2.35. The van der Waals surface area contributed by atoms with Gasteiger partial charge in [-0.1, -0.05) is 0 Å². The SMILES string of the molecule is Cc1nc(S(=O)(=O)N2CCN(CCC(F)(F)F)[C@@H](c3cc(C=N)c(Nc4ccc(F)cc4)cc3C)C2)cs1. The number of thiazole rings is 1. The maximum absolute atomic E-state index is 13.3. The Morgan fingerprint density at radius 1 is 1.18 bits per heavy atom. The van der Waals surface area contributed by atoms with Crippen LogP contribution in [-0.2, 0) is 10.0 Å². The minimum absolute atomic E-state index is 0.0357. The van der Waals surface area contributed by atoms with Crippen LogP contribution in [0.25, 0.3) is 0 Å². The van der Waals surface area contributed by atoms with Crippen molar-refractivity contribution in [3.63, 3.8) is 0 Å². The van der Waals surface area contributed by atoms with Gasteiger partial charge in [-0.2, -0.15) is 17.5 Å². The number of hydrogen-bond acceptors (Lipinski definition) is 7. The van der Waals surface area contributed by atoms with Gasteiger partial charge in [-0.3, -0.25) is 4.90 Å². The summed E-state index contributed by atoms with van der Waals surface area (Å²) < 4.78 is 80.5. The van der Waals surface area contributed by atoms with Gasteiger partial charge in [0.1, 0.15) is 5.82 Å². The largest absolute Gasteiger partial charge is 0.390 e. The normalized spacial score (nSPS) is 17.5. The fraction of sp³-hybridized carbons (Fsp3) is 0.360. The van der Waals surface area contributed by atoms with Crippen LogP contribution in [-0.4, -0.2) is 61.2 Å². The second kappa shape index (κ2) is 11.1. The van der Waals surface area contributed by atoms with Crippen molar-refractivity contribution >= 4 is 38.9 Å².